The second-order valence-corrected chi connectivity index (χ2v) is 6.83. The molecule has 3 amide bonds. The van der Waals surface area contributed by atoms with Crippen molar-refractivity contribution in [3.8, 4) is 0 Å². The third-order valence-corrected chi connectivity index (χ3v) is 4.54. The van der Waals surface area contributed by atoms with Gasteiger partial charge in [0, 0.05) is 50.3 Å². The maximum atomic E-state index is 13.3. The van der Waals surface area contributed by atoms with Gasteiger partial charge in [-0.2, -0.15) is 0 Å². The number of benzene rings is 2. The van der Waals surface area contributed by atoms with Crippen LogP contribution in [0.1, 0.15) is 23.2 Å². The number of rotatable bonds is 4. The van der Waals surface area contributed by atoms with Gasteiger partial charge in [-0.25, -0.2) is 13.6 Å². The molecule has 1 aliphatic heterocycles. The first-order valence-corrected chi connectivity index (χ1v) is 8.99. The molecule has 6 nitrogen and oxygen atoms in total. The lowest BCUT2D eigenvalue weighted by molar-refractivity contribution is 0.0793. The molecule has 0 aliphatic carbocycles. The van der Waals surface area contributed by atoms with E-state index in [1.54, 1.807) is 23.1 Å². The average Bonchev–Trinajstić information content (AvgIpc) is 3.18. The Morgan fingerprint density at radius 1 is 0.929 bits per heavy atom. The number of nitrogens with one attached hydrogen (secondary N) is 2. The number of nitrogens with zero attached hydrogens (tertiary/aromatic N) is 2. The summed E-state index contributed by atoms with van der Waals surface area (Å²) in [4.78, 5) is 28.7. The van der Waals surface area contributed by atoms with Crippen molar-refractivity contribution >= 4 is 29.0 Å². The van der Waals surface area contributed by atoms with Crippen LogP contribution in [0.3, 0.4) is 0 Å². The van der Waals surface area contributed by atoms with E-state index < -0.39 is 17.7 Å². The largest absolute Gasteiger partial charge is 0.377 e. The summed E-state index contributed by atoms with van der Waals surface area (Å²) in [7, 11) is 3.69. The molecular weight excluding hydrogens is 366 g/mol. The maximum Gasteiger partial charge on any atom is 0.323 e. The zero-order chi connectivity index (χ0) is 20.3. The van der Waals surface area contributed by atoms with E-state index in [0.717, 1.165) is 43.8 Å². The lowest BCUT2D eigenvalue weighted by Crippen LogP contribution is -2.29. The van der Waals surface area contributed by atoms with E-state index in [4.69, 9.17) is 0 Å². The Hall–Kier alpha value is -3.16. The smallest absolute Gasteiger partial charge is 0.323 e. The van der Waals surface area contributed by atoms with Crippen molar-refractivity contribution in [2.45, 2.75) is 12.8 Å². The fraction of sp³-hybridized carbons (Fsp3) is 0.300. The Morgan fingerprint density at radius 3 is 2.14 bits per heavy atom. The number of anilines is 3. The topological polar surface area (TPSA) is 64.7 Å². The van der Waals surface area contributed by atoms with E-state index in [2.05, 4.69) is 10.6 Å². The predicted molar refractivity (Wildman–Crippen MR) is 105 cm³/mol. The first-order valence-electron chi connectivity index (χ1n) is 8.99. The number of halogens is 2. The molecule has 148 valence electrons. The molecule has 28 heavy (non-hydrogen) atoms. The Morgan fingerprint density at radius 2 is 1.54 bits per heavy atom. The standard InChI is InChI=1S/C20H22F2N4O2/c1-25(2)18-8-6-13(11-15(18)19(27)26-9-3-4-10-26)23-20(28)24-14-5-7-16(21)17(22)12-14/h5-8,11-12H,3-4,9-10H2,1-2H3,(H2,23,24,28). The van der Waals surface area contributed by atoms with Gasteiger partial charge < -0.3 is 20.4 Å². The van der Waals surface area contributed by atoms with Gasteiger partial charge in [0.1, 0.15) is 0 Å². The SMILES string of the molecule is CN(C)c1ccc(NC(=O)Nc2ccc(F)c(F)c2)cc1C(=O)N1CCCC1. The summed E-state index contributed by atoms with van der Waals surface area (Å²) in [5, 5.41) is 5.06. The van der Waals surface area contributed by atoms with Crippen LogP contribution in [0.15, 0.2) is 36.4 Å². The highest BCUT2D eigenvalue weighted by atomic mass is 19.2. The number of hydrogen-bond donors (Lipinski definition) is 2. The van der Waals surface area contributed by atoms with Crippen molar-refractivity contribution in [1.29, 1.82) is 0 Å². The first-order chi connectivity index (χ1) is 13.3. The molecule has 1 saturated heterocycles. The van der Waals surface area contributed by atoms with Gasteiger partial charge in [-0.3, -0.25) is 4.79 Å². The number of urea groups is 1. The minimum absolute atomic E-state index is 0.0779. The van der Waals surface area contributed by atoms with Gasteiger partial charge in [0.2, 0.25) is 0 Å². The van der Waals surface area contributed by atoms with Gasteiger partial charge in [-0.1, -0.05) is 0 Å². The second kappa shape index (κ2) is 8.24. The van der Waals surface area contributed by atoms with E-state index in [-0.39, 0.29) is 11.6 Å². The zero-order valence-corrected chi connectivity index (χ0v) is 15.8. The van der Waals surface area contributed by atoms with Gasteiger partial charge >= 0.3 is 6.03 Å². The summed E-state index contributed by atoms with van der Waals surface area (Å²) in [5.74, 6) is -2.12. The van der Waals surface area contributed by atoms with Crippen molar-refractivity contribution in [2.24, 2.45) is 0 Å². The highest BCUT2D eigenvalue weighted by Gasteiger charge is 2.23. The van der Waals surface area contributed by atoms with E-state index in [1.165, 1.54) is 6.07 Å². The minimum atomic E-state index is -1.05. The van der Waals surface area contributed by atoms with Crippen LogP contribution < -0.4 is 15.5 Å². The molecular formula is C20H22F2N4O2. The van der Waals surface area contributed by atoms with Crippen LogP contribution in [0.5, 0.6) is 0 Å². The van der Waals surface area contributed by atoms with Crippen LogP contribution in [0.2, 0.25) is 0 Å². The van der Waals surface area contributed by atoms with Crippen LogP contribution >= 0.6 is 0 Å². The second-order valence-electron chi connectivity index (χ2n) is 6.83. The molecule has 1 fully saturated rings. The van der Waals surface area contributed by atoms with Gasteiger partial charge in [0.05, 0.1) is 5.56 Å². The summed E-state index contributed by atoms with van der Waals surface area (Å²) >= 11 is 0. The fourth-order valence-corrected chi connectivity index (χ4v) is 3.13. The molecule has 1 heterocycles. The Balaban J connectivity index is 1.77. The highest BCUT2D eigenvalue weighted by Crippen LogP contribution is 2.26. The van der Waals surface area contributed by atoms with Crippen molar-refractivity contribution in [3.63, 3.8) is 0 Å². The van der Waals surface area contributed by atoms with Crippen molar-refractivity contribution in [3.05, 3.63) is 53.6 Å². The van der Waals surface area contributed by atoms with Crippen molar-refractivity contribution in [1.82, 2.24) is 4.90 Å². The van der Waals surface area contributed by atoms with Crippen LogP contribution in [-0.4, -0.2) is 44.0 Å². The molecule has 0 saturated carbocycles. The Kier molecular flexibility index (Phi) is 5.77. The van der Waals surface area contributed by atoms with Crippen LogP contribution in [0.25, 0.3) is 0 Å². The summed E-state index contributed by atoms with van der Waals surface area (Å²) in [6, 6.07) is 7.53. The lowest BCUT2D eigenvalue weighted by atomic mass is 10.1. The number of carbonyl (C=O) groups is 2. The number of carbonyl (C=O) groups excluding carboxylic acids is 2. The molecule has 8 heteroatoms. The molecule has 0 bridgehead atoms. The van der Waals surface area contributed by atoms with Crippen LogP contribution in [0.4, 0.5) is 30.6 Å². The van der Waals surface area contributed by atoms with E-state index in [0.29, 0.717) is 11.3 Å². The Bertz CT molecular complexity index is 896. The minimum Gasteiger partial charge on any atom is -0.377 e. The zero-order valence-electron chi connectivity index (χ0n) is 15.8. The normalized spacial score (nSPS) is 13.4. The van der Waals surface area contributed by atoms with Gasteiger partial charge in [0.25, 0.3) is 5.91 Å². The molecule has 2 N–H and O–H groups in total. The molecule has 0 atom stereocenters. The lowest BCUT2D eigenvalue weighted by Gasteiger charge is -2.22. The van der Waals surface area contributed by atoms with Gasteiger partial charge in [-0.15, -0.1) is 0 Å². The first kappa shape index (κ1) is 19.6. The quantitative estimate of drug-likeness (QED) is 0.835. The molecule has 0 spiro atoms. The van der Waals surface area contributed by atoms with Crippen molar-refractivity contribution in [2.75, 3.05) is 42.7 Å². The average molecular weight is 388 g/mol. The number of amides is 3. The molecule has 2 aromatic rings. The third kappa shape index (κ3) is 4.39. The molecule has 0 unspecified atom stereocenters. The summed E-state index contributed by atoms with van der Waals surface area (Å²) in [6.07, 6.45) is 1.97. The molecule has 1 aliphatic rings. The van der Waals surface area contributed by atoms with Crippen LogP contribution in [0, 0.1) is 11.6 Å². The Labute approximate surface area is 162 Å². The molecule has 2 aromatic carbocycles. The molecule has 0 radical (unpaired) electrons. The third-order valence-electron chi connectivity index (χ3n) is 4.54. The summed E-state index contributed by atoms with van der Waals surface area (Å²) in [6.45, 7) is 1.44. The number of hydrogen-bond acceptors (Lipinski definition) is 3. The maximum absolute atomic E-state index is 13.3. The molecule has 3 rings (SSSR count). The predicted octanol–water partition coefficient (Wildman–Crippen LogP) is 3.91. The molecule has 0 aromatic heterocycles. The summed E-state index contributed by atoms with van der Waals surface area (Å²) in [5.41, 5.74) is 1.80. The van der Waals surface area contributed by atoms with E-state index in [9.17, 15) is 18.4 Å². The monoisotopic (exact) mass is 388 g/mol. The fourth-order valence-electron chi connectivity index (χ4n) is 3.13. The number of likely N-dealkylation sites (tertiary alicyclic amines) is 1. The van der Waals surface area contributed by atoms with E-state index in [1.807, 2.05) is 19.0 Å². The van der Waals surface area contributed by atoms with Gasteiger partial charge in [0.15, 0.2) is 11.6 Å². The highest BCUT2D eigenvalue weighted by molar-refractivity contribution is 6.04. The van der Waals surface area contributed by atoms with Crippen LogP contribution in [-0.2, 0) is 0 Å². The van der Waals surface area contributed by atoms with E-state index >= 15 is 0 Å². The van der Waals surface area contributed by atoms with Crippen molar-refractivity contribution < 1.29 is 18.4 Å². The van der Waals surface area contributed by atoms with Gasteiger partial charge in [-0.05, 0) is 43.2 Å². The summed E-state index contributed by atoms with van der Waals surface area (Å²) < 4.78 is 26.3.